The van der Waals surface area contributed by atoms with Crippen LogP contribution < -0.4 is 0 Å². The first-order valence-corrected chi connectivity index (χ1v) is 11.9. The van der Waals surface area contributed by atoms with E-state index in [9.17, 15) is 4.79 Å². The van der Waals surface area contributed by atoms with Crippen molar-refractivity contribution in [3.63, 3.8) is 0 Å². The fraction of sp³-hybridized carbons (Fsp3) is 0.259. The SMILES string of the molecule is O=C(OCC1c2ccccc2-c2ccccc21)N1C2C=C(c3ccc(Br)nc3)CC1CC2. The van der Waals surface area contributed by atoms with Gasteiger partial charge in [-0.3, -0.25) is 4.90 Å². The van der Waals surface area contributed by atoms with Crippen LogP contribution in [0.2, 0.25) is 0 Å². The predicted octanol–water partition coefficient (Wildman–Crippen LogP) is 6.41. The van der Waals surface area contributed by atoms with E-state index in [1.807, 2.05) is 17.2 Å². The summed E-state index contributed by atoms with van der Waals surface area (Å²) in [6.07, 6.45) is 6.79. The molecule has 1 aliphatic carbocycles. The summed E-state index contributed by atoms with van der Waals surface area (Å²) in [6, 6.07) is 21.2. The lowest BCUT2D eigenvalue weighted by molar-refractivity contribution is 0.0866. The van der Waals surface area contributed by atoms with Crippen LogP contribution in [-0.2, 0) is 4.74 Å². The molecular formula is C27H23BrN2O2. The first-order chi connectivity index (χ1) is 15.7. The molecule has 2 atom stereocenters. The number of halogens is 1. The number of rotatable bonds is 3. The molecule has 2 aliphatic heterocycles. The van der Waals surface area contributed by atoms with Crippen molar-refractivity contribution >= 4 is 27.6 Å². The lowest BCUT2D eigenvalue weighted by atomic mass is 9.96. The fourth-order valence-corrected chi connectivity index (χ4v) is 5.80. The normalized spacial score (nSPS) is 21.2. The number of benzene rings is 2. The van der Waals surface area contributed by atoms with Gasteiger partial charge >= 0.3 is 6.09 Å². The van der Waals surface area contributed by atoms with Gasteiger partial charge in [-0.05, 0) is 74.6 Å². The molecule has 1 saturated heterocycles. The van der Waals surface area contributed by atoms with Gasteiger partial charge < -0.3 is 4.74 Å². The topological polar surface area (TPSA) is 42.4 Å². The fourth-order valence-electron chi connectivity index (χ4n) is 5.56. The summed E-state index contributed by atoms with van der Waals surface area (Å²) < 4.78 is 6.79. The first kappa shape index (κ1) is 19.7. The van der Waals surface area contributed by atoms with E-state index in [1.165, 1.54) is 27.8 Å². The lowest BCUT2D eigenvalue weighted by Gasteiger charge is -2.33. The molecule has 1 amide bonds. The molecule has 0 saturated carbocycles. The Balaban J connectivity index is 1.20. The van der Waals surface area contributed by atoms with E-state index in [1.54, 1.807) is 0 Å². The van der Waals surface area contributed by atoms with Crippen LogP contribution in [0.25, 0.3) is 16.7 Å². The third kappa shape index (κ3) is 3.27. The zero-order valence-electron chi connectivity index (χ0n) is 17.6. The average molecular weight is 487 g/mol. The Morgan fingerprint density at radius 2 is 1.72 bits per heavy atom. The van der Waals surface area contributed by atoms with Gasteiger partial charge in [-0.15, -0.1) is 0 Å². The lowest BCUT2D eigenvalue weighted by Crippen LogP contribution is -2.43. The van der Waals surface area contributed by atoms with E-state index in [0.29, 0.717) is 6.61 Å². The predicted molar refractivity (Wildman–Crippen MR) is 128 cm³/mol. The number of aromatic nitrogens is 1. The standard InChI is InChI=1S/C27H23BrN2O2/c28-26-12-9-17(15-29-26)18-13-19-10-11-20(14-18)30(19)27(31)32-16-25-23-7-3-1-5-21(23)22-6-2-4-8-24(22)25/h1-9,12-13,15,19-20,25H,10-11,14,16H2. The maximum atomic E-state index is 13.2. The van der Waals surface area contributed by atoms with Crippen LogP contribution in [-0.4, -0.2) is 34.7 Å². The second kappa shape index (κ2) is 7.89. The Bertz CT molecular complexity index is 1170. The molecule has 3 heterocycles. The van der Waals surface area contributed by atoms with Crippen molar-refractivity contribution in [3.8, 4) is 11.1 Å². The minimum atomic E-state index is -0.191. The van der Waals surface area contributed by atoms with Crippen LogP contribution in [0.15, 0.2) is 77.5 Å². The van der Waals surface area contributed by atoms with Crippen molar-refractivity contribution in [2.45, 2.75) is 37.3 Å². The van der Waals surface area contributed by atoms with E-state index in [0.717, 1.165) is 29.4 Å². The monoisotopic (exact) mass is 486 g/mol. The third-order valence-electron chi connectivity index (χ3n) is 7.04. The van der Waals surface area contributed by atoms with Crippen LogP contribution in [0.4, 0.5) is 4.79 Å². The maximum Gasteiger partial charge on any atom is 0.410 e. The summed E-state index contributed by atoms with van der Waals surface area (Å²) >= 11 is 3.40. The molecular weight excluding hydrogens is 464 g/mol. The minimum Gasteiger partial charge on any atom is -0.448 e. The highest BCUT2D eigenvalue weighted by Crippen LogP contribution is 2.45. The van der Waals surface area contributed by atoms with Gasteiger partial charge in [0.15, 0.2) is 0 Å². The minimum absolute atomic E-state index is 0.0914. The number of hydrogen-bond donors (Lipinski definition) is 0. The summed E-state index contributed by atoms with van der Waals surface area (Å²) in [6.45, 7) is 0.371. The first-order valence-electron chi connectivity index (χ1n) is 11.1. The van der Waals surface area contributed by atoms with Gasteiger partial charge in [-0.25, -0.2) is 9.78 Å². The number of carbonyl (C=O) groups is 1. The van der Waals surface area contributed by atoms with Gasteiger partial charge in [0.05, 0.1) is 6.04 Å². The smallest absolute Gasteiger partial charge is 0.410 e. The molecule has 3 aromatic rings. The van der Waals surface area contributed by atoms with Crippen LogP contribution in [0.3, 0.4) is 0 Å². The van der Waals surface area contributed by atoms with Crippen LogP contribution >= 0.6 is 15.9 Å². The van der Waals surface area contributed by atoms with E-state index >= 15 is 0 Å². The van der Waals surface area contributed by atoms with Crippen molar-refractivity contribution in [1.29, 1.82) is 0 Å². The summed E-state index contributed by atoms with van der Waals surface area (Å²) in [4.78, 5) is 19.5. The number of fused-ring (bicyclic) bond motifs is 5. The maximum absolute atomic E-state index is 13.2. The van der Waals surface area contributed by atoms with Crippen LogP contribution in [0.1, 0.15) is 41.9 Å². The number of pyridine rings is 1. The number of hydrogen-bond acceptors (Lipinski definition) is 3. The van der Waals surface area contributed by atoms with E-state index in [4.69, 9.17) is 4.74 Å². The van der Waals surface area contributed by atoms with Crippen molar-refractivity contribution < 1.29 is 9.53 Å². The van der Waals surface area contributed by atoms with E-state index < -0.39 is 0 Å². The molecule has 2 bridgehead atoms. The number of carbonyl (C=O) groups excluding carboxylic acids is 1. The zero-order chi connectivity index (χ0) is 21.7. The molecule has 160 valence electrons. The van der Waals surface area contributed by atoms with Crippen molar-refractivity contribution in [1.82, 2.24) is 9.88 Å². The van der Waals surface area contributed by atoms with Gasteiger partial charge in [-0.1, -0.05) is 60.7 Å². The highest BCUT2D eigenvalue weighted by molar-refractivity contribution is 9.10. The van der Waals surface area contributed by atoms with E-state index in [2.05, 4.69) is 81.6 Å². The van der Waals surface area contributed by atoms with Crippen molar-refractivity contribution in [3.05, 3.63) is 94.2 Å². The summed E-state index contributed by atoms with van der Waals surface area (Å²) in [5.41, 5.74) is 7.40. The zero-order valence-corrected chi connectivity index (χ0v) is 19.2. The second-order valence-corrected chi connectivity index (χ2v) is 9.59. The molecule has 0 radical (unpaired) electrons. The van der Waals surface area contributed by atoms with Gasteiger partial charge in [-0.2, -0.15) is 0 Å². The molecule has 0 spiro atoms. The number of ether oxygens (including phenoxy) is 1. The van der Waals surface area contributed by atoms with Crippen LogP contribution in [0, 0.1) is 0 Å². The molecule has 4 nitrogen and oxygen atoms in total. The molecule has 2 unspecified atom stereocenters. The van der Waals surface area contributed by atoms with Gasteiger partial charge in [0.2, 0.25) is 0 Å². The van der Waals surface area contributed by atoms with E-state index in [-0.39, 0.29) is 24.1 Å². The van der Waals surface area contributed by atoms with Crippen molar-refractivity contribution in [2.75, 3.05) is 6.61 Å². The highest BCUT2D eigenvalue weighted by Gasteiger charge is 2.41. The number of nitrogens with zero attached hydrogens (tertiary/aromatic N) is 2. The highest BCUT2D eigenvalue weighted by atomic mass is 79.9. The molecule has 2 aromatic carbocycles. The van der Waals surface area contributed by atoms with Crippen molar-refractivity contribution in [2.24, 2.45) is 0 Å². The largest absolute Gasteiger partial charge is 0.448 e. The number of amides is 1. The summed E-state index contributed by atoms with van der Waals surface area (Å²) in [7, 11) is 0. The second-order valence-electron chi connectivity index (χ2n) is 8.78. The van der Waals surface area contributed by atoms with Gasteiger partial charge in [0.25, 0.3) is 0 Å². The summed E-state index contributed by atoms with van der Waals surface area (Å²) in [5.74, 6) is 0.0914. The molecule has 32 heavy (non-hydrogen) atoms. The average Bonchev–Trinajstić information content (AvgIpc) is 3.29. The summed E-state index contributed by atoms with van der Waals surface area (Å²) in [5, 5.41) is 0. The molecule has 1 fully saturated rings. The Morgan fingerprint density at radius 3 is 2.38 bits per heavy atom. The van der Waals surface area contributed by atoms with Crippen LogP contribution in [0.5, 0.6) is 0 Å². The third-order valence-corrected chi connectivity index (χ3v) is 7.51. The molecule has 5 heteroatoms. The molecule has 0 N–H and O–H groups in total. The van der Waals surface area contributed by atoms with Gasteiger partial charge in [0.1, 0.15) is 11.2 Å². The Kier molecular flexibility index (Phi) is 4.87. The Morgan fingerprint density at radius 1 is 1.00 bits per heavy atom. The Labute approximate surface area is 196 Å². The quantitative estimate of drug-likeness (QED) is 0.401. The molecule has 1 aromatic heterocycles. The molecule has 3 aliphatic rings. The molecule has 6 rings (SSSR count). The Hall–Kier alpha value is -2.92. The van der Waals surface area contributed by atoms with Gasteiger partial charge in [0, 0.05) is 18.2 Å².